The number of imidazole rings is 1. The molecule has 3 rings (SSSR count). The minimum Gasteiger partial charge on any atom is -0.392 e. The Morgan fingerprint density at radius 1 is 1.50 bits per heavy atom. The number of rotatable bonds is 3. The van der Waals surface area contributed by atoms with Crippen molar-refractivity contribution >= 4 is 17.1 Å². The molecule has 6 nitrogen and oxygen atoms in total. The summed E-state index contributed by atoms with van der Waals surface area (Å²) in [4.78, 5) is 20.8. The van der Waals surface area contributed by atoms with Gasteiger partial charge >= 0.3 is 0 Å². The first-order chi connectivity index (χ1) is 10.5. The second-order valence-corrected chi connectivity index (χ2v) is 6.52. The molecule has 2 aromatic rings. The summed E-state index contributed by atoms with van der Waals surface area (Å²) >= 11 is 0. The average molecular weight is 302 g/mol. The molecule has 1 aliphatic carbocycles. The van der Waals surface area contributed by atoms with Gasteiger partial charge in [0.15, 0.2) is 5.65 Å². The lowest BCUT2D eigenvalue weighted by Crippen LogP contribution is -2.45. The highest BCUT2D eigenvalue weighted by Crippen LogP contribution is 2.35. The molecule has 2 N–H and O–H groups in total. The number of nitrogens with zero attached hydrogens (tertiary/aromatic N) is 3. The Kier molecular flexibility index (Phi) is 3.87. The summed E-state index contributed by atoms with van der Waals surface area (Å²) in [7, 11) is 1.87. The monoisotopic (exact) mass is 302 g/mol. The molecule has 1 amide bonds. The molecule has 0 aromatic carbocycles. The number of aromatic nitrogens is 3. The molecular formula is C16H22N4O2. The largest absolute Gasteiger partial charge is 0.392 e. The molecule has 0 spiro atoms. The molecule has 1 saturated carbocycles. The Labute approximate surface area is 129 Å². The van der Waals surface area contributed by atoms with Crippen LogP contribution in [-0.2, 0) is 7.05 Å². The fraction of sp³-hybridized carbons (Fsp3) is 0.562. The van der Waals surface area contributed by atoms with Crippen LogP contribution in [0.15, 0.2) is 18.6 Å². The smallest absolute Gasteiger partial charge is 0.252 e. The van der Waals surface area contributed by atoms with Gasteiger partial charge in [0.2, 0.25) is 0 Å². The molecule has 6 heteroatoms. The maximum Gasteiger partial charge on any atom is 0.252 e. The van der Waals surface area contributed by atoms with Gasteiger partial charge in [0.05, 0.1) is 18.0 Å². The SMILES string of the molecule is Cn1cnc2cc(C(=O)NCC3(C)CCCCC3O)cnc21. The van der Waals surface area contributed by atoms with E-state index in [4.69, 9.17) is 0 Å². The van der Waals surface area contributed by atoms with E-state index in [1.807, 2.05) is 18.5 Å². The van der Waals surface area contributed by atoms with Crippen LogP contribution in [-0.4, -0.2) is 38.2 Å². The van der Waals surface area contributed by atoms with Gasteiger partial charge < -0.3 is 15.0 Å². The van der Waals surface area contributed by atoms with Crippen LogP contribution in [0.5, 0.6) is 0 Å². The number of hydrogen-bond donors (Lipinski definition) is 2. The molecule has 0 radical (unpaired) electrons. The van der Waals surface area contributed by atoms with E-state index >= 15 is 0 Å². The third-order valence-electron chi connectivity index (χ3n) is 4.75. The average Bonchev–Trinajstić information content (AvgIpc) is 2.89. The molecule has 2 unspecified atom stereocenters. The van der Waals surface area contributed by atoms with Crippen LogP contribution in [0.2, 0.25) is 0 Å². The molecule has 1 fully saturated rings. The van der Waals surface area contributed by atoms with Crippen LogP contribution in [0.25, 0.3) is 11.2 Å². The lowest BCUT2D eigenvalue weighted by molar-refractivity contribution is 0.00190. The highest BCUT2D eigenvalue weighted by molar-refractivity contribution is 5.96. The summed E-state index contributed by atoms with van der Waals surface area (Å²) in [5.41, 5.74) is 1.72. The van der Waals surface area contributed by atoms with Gasteiger partial charge in [0.25, 0.3) is 5.91 Å². The van der Waals surface area contributed by atoms with Gasteiger partial charge in [0.1, 0.15) is 5.52 Å². The second-order valence-electron chi connectivity index (χ2n) is 6.52. The van der Waals surface area contributed by atoms with E-state index in [1.165, 1.54) is 0 Å². The first-order valence-electron chi connectivity index (χ1n) is 7.73. The van der Waals surface area contributed by atoms with Crippen LogP contribution in [0, 0.1) is 5.41 Å². The zero-order valence-electron chi connectivity index (χ0n) is 13.0. The molecule has 0 bridgehead atoms. The van der Waals surface area contributed by atoms with E-state index in [2.05, 4.69) is 15.3 Å². The van der Waals surface area contributed by atoms with Gasteiger partial charge in [-0.05, 0) is 18.9 Å². The minimum atomic E-state index is -0.349. The zero-order chi connectivity index (χ0) is 15.7. The van der Waals surface area contributed by atoms with E-state index in [-0.39, 0.29) is 17.4 Å². The highest BCUT2D eigenvalue weighted by atomic mass is 16.3. The van der Waals surface area contributed by atoms with Gasteiger partial charge in [0, 0.05) is 25.2 Å². The van der Waals surface area contributed by atoms with Gasteiger partial charge in [-0.1, -0.05) is 19.8 Å². The Balaban J connectivity index is 1.70. The molecule has 0 aliphatic heterocycles. The summed E-state index contributed by atoms with van der Waals surface area (Å²) in [6.07, 6.45) is 6.81. The zero-order valence-corrected chi connectivity index (χ0v) is 13.0. The predicted octanol–water partition coefficient (Wildman–Crippen LogP) is 1.64. The molecule has 22 heavy (non-hydrogen) atoms. The van der Waals surface area contributed by atoms with Crippen molar-refractivity contribution in [3.8, 4) is 0 Å². The van der Waals surface area contributed by atoms with Crippen LogP contribution >= 0.6 is 0 Å². The number of hydrogen-bond acceptors (Lipinski definition) is 4. The van der Waals surface area contributed by atoms with Crippen molar-refractivity contribution in [2.75, 3.05) is 6.54 Å². The topological polar surface area (TPSA) is 80.0 Å². The number of carbonyl (C=O) groups is 1. The molecule has 1 aliphatic rings. The molecule has 2 aromatic heterocycles. The minimum absolute atomic E-state index is 0.168. The van der Waals surface area contributed by atoms with E-state index in [1.54, 1.807) is 18.6 Å². The number of aliphatic hydroxyl groups is 1. The molecule has 0 saturated heterocycles. The second kappa shape index (κ2) is 5.68. The lowest BCUT2D eigenvalue weighted by atomic mass is 9.73. The maximum absolute atomic E-state index is 12.3. The molecular weight excluding hydrogens is 280 g/mol. The van der Waals surface area contributed by atoms with Crippen molar-refractivity contribution in [3.63, 3.8) is 0 Å². The number of fused-ring (bicyclic) bond motifs is 1. The summed E-state index contributed by atoms with van der Waals surface area (Å²) in [6, 6.07) is 1.75. The van der Waals surface area contributed by atoms with Crippen molar-refractivity contribution in [1.29, 1.82) is 0 Å². The fourth-order valence-electron chi connectivity index (χ4n) is 3.11. The fourth-order valence-corrected chi connectivity index (χ4v) is 3.11. The number of pyridine rings is 1. The standard InChI is InChI=1S/C16H22N4O2/c1-16(6-4-3-5-13(16)21)9-18-15(22)11-7-12-14(17-8-11)20(2)10-19-12/h7-8,10,13,21H,3-6,9H2,1-2H3,(H,18,22). The Bertz CT molecular complexity index is 697. The Hall–Kier alpha value is -1.95. The van der Waals surface area contributed by atoms with Crippen LogP contribution in [0.3, 0.4) is 0 Å². The Morgan fingerprint density at radius 3 is 3.09 bits per heavy atom. The number of aliphatic hydroxyl groups excluding tert-OH is 1. The van der Waals surface area contributed by atoms with Crippen molar-refractivity contribution in [1.82, 2.24) is 19.9 Å². The Morgan fingerprint density at radius 2 is 2.32 bits per heavy atom. The van der Waals surface area contributed by atoms with Crippen molar-refractivity contribution < 1.29 is 9.90 Å². The van der Waals surface area contributed by atoms with Gasteiger partial charge in [-0.2, -0.15) is 0 Å². The molecule has 2 atom stereocenters. The third-order valence-corrected chi connectivity index (χ3v) is 4.75. The summed E-state index contributed by atoms with van der Waals surface area (Å²) in [5, 5.41) is 13.1. The van der Waals surface area contributed by atoms with E-state index < -0.39 is 0 Å². The summed E-state index contributed by atoms with van der Waals surface area (Å²) in [6.45, 7) is 2.52. The van der Waals surface area contributed by atoms with Gasteiger partial charge in [-0.15, -0.1) is 0 Å². The highest BCUT2D eigenvalue weighted by Gasteiger charge is 2.35. The third kappa shape index (κ3) is 2.70. The summed E-state index contributed by atoms with van der Waals surface area (Å²) < 4.78 is 1.82. The molecule has 118 valence electrons. The first kappa shape index (κ1) is 15.0. The molecule has 2 heterocycles. The quantitative estimate of drug-likeness (QED) is 0.903. The number of aryl methyl sites for hydroxylation is 1. The van der Waals surface area contributed by atoms with Crippen molar-refractivity contribution in [2.45, 2.75) is 38.7 Å². The maximum atomic E-state index is 12.3. The number of nitrogens with one attached hydrogen (secondary N) is 1. The van der Waals surface area contributed by atoms with E-state index in [0.717, 1.165) is 31.3 Å². The normalized spacial score (nSPS) is 25.3. The van der Waals surface area contributed by atoms with Crippen LogP contribution in [0.1, 0.15) is 43.0 Å². The van der Waals surface area contributed by atoms with Crippen LogP contribution < -0.4 is 5.32 Å². The van der Waals surface area contributed by atoms with Crippen LogP contribution in [0.4, 0.5) is 0 Å². The number of carbonyl (C=O) groups excluding carboxylic acids is 1. The predicted molar refractivity (Wildman–Crippen MR) is 83.4 cm³/mol. The van der Waals surface area contributed by atoms with Crippen molar-refractivity contribution in [2.24, 2.45) is 12.5 Å². The van der Waals surface area contributed by atoms with Gasteiger partial charge in [-0.25, -0.2) is 9.97 Å². The lowest BCUT2D eigenvalue weighted by Gasteiger charge is -2.38. The van der Waals surface area contributed by atoms with Crippen molar-refractivity contribution in [3.05, 3.63) is 24.2 Å². The van der Waals surface area contributed by atoms with E-state index in [0.29, 0.717) is 17.6 Å². The number of amides is 1. The van der Waals surface area contributed by atoms with Gasteiger partial charge in [-0.3, -0.25) is 4.79 Å². The van der Waals surface area contributed by atoms with E-state index in [9.17, 15) is 9.90 Å². The first-order valence-corrected chi connectivity index (χ1v) is 7.73. The summed E-state index contributed by atoms with van der Waals surface area (Å²) in [5.74, 6) is -0.168.